The number of hydrogen-bond donors (Lipinski definition) is 1. The number of aliphatic hydroxyl groups is 1. The SMILES string of the molecule is C=C(C)CC(O)C1CN(C)CCCN1C. The van der Waals surface area contributed by atoms with Gasteiger partial charge in [-0.3, -0.25) is 4.90 Å². The largest absolute Gasteiger partial charge is 0.391 e. The van der Waals surface area contributed by atoms with Gasteiger partial charge in [0.15, 0.2) is 0 Å². The molecule has 1 heterocycles. The van der Waals surface area contributed by atoms with Crippen molar-refractivity contribution in [3.8, 4) is 0 Å². The second-order valence-corrected chi connectivity index (χ2v) is 4.89. The molecule has 88 valence electrons. The van der Waals surface area contributed by atoms with E-state index in [0.29, 0.717) is 6.42 Å². The van der Waals surface area contributed by atoms with Gasteiger partial charge in [0, 0.05) is 12.6 Å². The molecule has 0 amide bonds. The van der Waals surface area contributed by atoms with Gasteiger partial charge < -0.3 is 10.0 Å². The fraction of sp³-hybridized carbons (Fsp3) is 0.833. The Bertz CT molecular complexity index is 218. The van der Waals surface area contributed by atoms with E-state index in [2.05, 4.69) is 30.5 Å². The van der Waals surface area contributed by atoms with Gasteiger partial charge >= 0.3 is 0 Å². The molecule has 1 fully saturated rings. The molecule has 2 unspecified atom stereocenters. The van der Waals surface area contributed by atoms with Crippen molar-refractivity contribution in [3.05, 3.63) is 12.2 Å². The number of likely N-dealkylation sites (N-methyl/N-ethyl adjacent to an activating group) is 2. The Morgan fingerprint density at radius 1 is 1.47 bits per heavy atom. The summed E-state index contributed by atoms with van der Waals surface area (Å²) in [5, 5.41) is 10.1. The minimum absolute atomic E-state index is 0.245. The first kappa shape index (κ1) is 12.7. The maximum absolute atomic E-state index is 10.1. The van der Waals surface area contributed by atoms with Gasteiger partial charge in [0.2, 0.25) is 0 Å². The van der Waals surface area contributed by atoms with E-state index in [-0.39, 0.29) is 12.1 Å². The van der Waals surface area contributed by atoms with Crippen LogP contribution < -0.4 is 0 Å². The van der Waals surface area contributed by atoms with Crippen LogP contribution in [0, 0.1) is 0 Å². The second kappa shape index (κ2) is 5.64. The maximum Gasteiger partial charge on any atom is 0.0744 e. The van der Waals surface area contributed by atoms with Crippen LogP contribution in [0.3, 0.4) is 0 Å². The van der Waals surface area contributed by atoms with Crippen LogP contribution >= 0.6 is 0 Å². The van der Waals surface area contributed by atoms with E-state index in [4.69, 9.17) is 0 Å². The summed E-state index contributed by atoms with van der Waals surface area (Å²) in [6.45, 7) is 8.99. The number of nitrogens with zero attached hydrogens (tertiary/aromatic N) is 2. The monoisotopic (exact) mass is 212 g/mol. The Morgan fingerprint density at radius 3 is 2.73 bits per heavy atom. The fourth-order valence-electron chi connectivity index (χ4n) is 2.21. The molecule has 15 heavy (non-hydrogen) atoms. The highest BCUT2D eigenvalue weighted by atomic mass is 16.3. The van der Waals surface area contributed by atoms with Crippen LogP contribution in [0.5, 0.6) is 0 Å². The van der Waals surface area contributed by atoms with Gasteiger partial charge in [-0.2, -0.15) is 0 Å². The molecule has 3 nitrogen and oxygen atoms in total. The maximum atomic E-state index is 10.1. The van der Waals surface area contributed by atoms with Crippen LogP contribution in [-0.4, -0.2) is 60.8 Å². The molecule has 1 N–H and O–H groups in total. The van der Waals surface area contributed by atoms with Crippen LogP contribution in [0.25, 0.3) is 0 Å². The van der Waals surface area contributed by atoms with Crippen molar-refractivity contribution >= 4 is 0 Å². The Hall–Kier alpha value is -0.380. The number of aliphatic hydroxyl groups excluding tert-OH is 1. The van der Waals surface area contributed by atoms with Crippen molar-refractivity contribution in [1.29, 1.82) is 0 Å². The van der Waals surface area contributed by atoms with E-state index in [1.54, 1.807) is 0 Å². The molecule has 0 aromatic rings. The van der Waals surface area contributed by atoms with Crippen LogP contribution in [-0.2, 0) is 0 Å². The number of rotatable bonds is 3. The van der Waals surface area contributed by atoms with Crippen LogP contribution in [0.1, 0.15) is 19.8 Å². The average molecular weight is 212 g/mol. The molecule has 0 saturated carbocycles. The first-order chi connectivity index (χ1) is 7.00. The molecule has 0 aliphatic carbocycles. The van der Waals surface area contributed by atoms with Crippen LogP contribution in [0.4, 0.5) is 0 Å². The van der Waals surface area contributed by atoms with E-state index < -0.39 is 0 Å². The van der Waals surface area contributed by atoms with Gasteiger partial charge in [0.1, 0.15) is 0 Å². The Balaban J connectivity index is 2.58. The summed E-state index contributed by atoms with van der Waals surface area (Å²) < 4.78 is 0. The third-order valence-corrected chi connectivity index (χ3v) is 3.12. The molecule has 0 radical (unpaired) electrons. The van der Waals surface area contributed by atoms with Crippen molar-refractivity contribution in [2.24, 2.45) is 0 Å². The summed E-state index contributed by atoms with van der Waals surface area (Å²) in [5.74, 6) is 0. The lowest BCUT2D eigenvalue weighted by Gasteiger charge is -2.31. The van der Waals surface area contributed by atoms with Gasteiger partial charge in [-0.05, 0) is 47.0 Å². The van der Waals surface area contributed by atoms with Gasteiger partial charge in [-0.1, -0.05) is 5.57 Å². The zero-order valence-electron chi connectivity index (χ0n) is 10.2. The molecule has 1 aliphatic heterocycles. The van der Waals surface area contributed by atoms with Crippen molar-refractivity contribution in [2.45, 2.75) is 31.9 Å². The van der Waals surface area contributed by atoms with E-state index in [1.807, 2.05) is 6.92 Å². The third kappa shape index (κ3) is 3.93. The van der Waals surface area contributed by atoms with Crippen molar-refractivity contribution in [2.75, 3.05) is 33.7 Å². The third-order valence-electron chi connectivity index (χ3n) is 3.12. The Labute approximate surface area is 93.4 Å². The summed E-state index contributed by atoms with van der Waals surface area (Å²) in [7, 11) is 4.23. The van der Waals surface area contributed by atoms with Gasteiger partial charge in [-0.15, -0.1) is 6.58 Å². The molecular formula is C12H24N2O. The van der Waals surface area contributed by atoms with E-state index >= 15 is 0 Å². The minimum atomic E-state index is -0.284. The average Bonchev–Trinajstić information content (AvgIpc) is 2.27. The quantitative estimate of drug-likeness (QED) is 0.706. The van der Waals surface area contributed by atoms with Gasteiger partial charge in [0.25, 0.3) is 0 Å². The first-order valence-corrected chi connectivity index (χ1v) is 5.72. The molecule has 0 bridgehead atoms. The fourth-order valence-corrected chi connectivity index (χ4v) is 2.21. The summed E-state index contributed by atoms with van der Waals surface area (Å²) in [6, 6.07) is 0.245. The van der Waals surface area contributed by atoms with Crippen LogP contribution in [0.2, 0.25) is 0 Å². The second-order valence-electron chi connectivity index (χ2n) is 4.89. The molecule has 0 spiro atoms. The summed E-state index contributed by atoms with van der Waals surface area (Å²) >= 11 is 0. The van der Waals surface area contributed by atoms with Crippen molar-refractivity contribution < 1.29 is 5.11 Å². The van der Waals surface area contributed by atoms with Crippen molar-refractivity contribution in [3.63, 3.8) is 0 Å². The van der Waals surface area contributed by atoms with E-state index in [0.717, 1.165) is 25.2 Å². The highest BCUT2D eigenvalue weighted by Crippen LogP contribution is 2.15. The standard InChI is InChI=1S/C12H24N2O/c1-10(2)8-12(15)11-9-13(3)6-5-7-14(11)4/h11-12,15H,1,5-9H2,2-4H3. The van der Waals surface area contributed by atoms with E-state index in [9.17, 15) is 5.11 Å². The van der Waals surface area contributed by atoms with Gasteiger partial charge in [0.05, 0.1) is 6.10 Å². The predicted molar refractivity (Wildman–Crippen MR) is 64.0 cm³/mol. The summed E-state index contributed by atoms with van der Waals surface area (Å²) in [5.41, 5.74) is 1.06. The number of hydrogen-bond acceptors (Lipinski definition) is 3. The molecule has 0 aromatic heterocycles. The Morgan fingerprint density at radius 2 is 2.13 bits per heavy atom. The molecule has 1 aliphatic rings. The normalized spacial score (nSPS) is 27.3. The highest BCUT2D eigenvalue weighted by molar-refractivity contribution is 4.95. The molecule has 1 saturated heterocycles. The summed E-state index contributed by atoms with van der Waals surface area (Å²) in [6.07, 6.45) is 1.61. The molecule has 1 rings (SSSR count). The van der Waals surface area contributed by atoms with Crippen molar-refractivity contribution in [1.82, 2.24) is 9.80 Å². The lowest BCUT2D eigenvalue weighted by molar-refractivity contribution is 0.0582. The molecule has 2 atom stereocenters. The molecule has 0 aromatic carbocycles. The van der Waals surface area contributed by atoms with E-state index in [1.165, 1.54) is 6.42 Å². The lowest BCUT2D eigenvalue weighted by atomic mass is 10.0. The smallest absolute Gasteiger partial charge is 0.0744 e. The molecule has 3 heteroatoms. The zero-order valence-corrected chi connectivity index (χ0v) is 10.2. The first-order valence-electron chi connectivity index (χ1n) is 5.72. The topological polar surface area (TPSA) is 26.7 Å². The Kier molecular flexibility index (Phi) is 4.77. The minimum Gasteiger partial charge on any atom is -0.391 e. The van der Waals surface area contributed by atoms with Crippen LogP contribution in [0.15, 0.2) is 12.2 Å². The lowest BCUT2D eigenvalue weighted by Crippen LogP contribution is -2.46. The summed E-state index contributed by atoms with van der Waals surface area (Å²) in [4.78, 5) is 4.58. The molecular weight excluding hydrogens is 188 g/mol. The van der Waals surface area contributed by atoms with Gasteiger partial charge in [-0.25, -0.2) is 0 Å². The zero-order chi connectivity index (χ0) is 11.4. The predicted octanol–water partition coefficient (Wildman–Crippen LogP) is 0.949. The highest BCUT2D eigenvalue weighted by Gasteiger charge is 2.26.